The molecule has 0 unspecified atom stereocenters. The van der Waals surface area contributed by atoms with Gasteiger partial charge in [-0.05, 0) is 42.8 Å². The van der Waals surface area contributed by atoms with E-state index in [1.165, 1.54) is 35.6 Å². The topological polar surface area (TPSA) is 95.2 Å². The third-order valence-corrected chi connectivity index (χ3v) is 7.33. The second kappa shape index (κ2) is 9.05. The summed E-state index contributed by atoms with van der Waals surface area (Å²) in [6.45, 7) is 0. The Balaban J connectivity index is 1.40. The number of nitro benzene ring substituents is 1. The highest BCUT2D eigenvalue weighted by atomic mass is 32.1. The fourth-order valence-electron chi connectivity index (χ4n) is 3.46. The quantitative estimate of drug-likeness (QED) is 0.155. The SMILES string of the molecule is O=C(O[C@@H](CCc1nc2ccccc2s1)c1nc2ccccc2s1)c1ccc([N+](=O)[O-])cc1. The van der Waals surface area contributed by atoms with Crippen LogP contribution in [0.15, 0.2) is 72.8 Å². The van der Waals surface area contributed by atoms with Crippen LogP contribution in [0.2, 0.25) is 0 Å². The van der Waals surface area contributed by atoms with Gasteiger partial charge in [-0.25, -0.2) is 14.8 Å². The number of benzene rings is 3. The lowest BCUT2D eigenvalue weighted by Crippen LogP contribution is -2.12. The lowest BCUT2D eigenvalue weighted by Gasteiger charge is -2.15. The number of nitro groups is 1. The smallest absolute Gasteiger partial charge is 0.338 e. The molecule has 0 bridgehead atoms. The van der Waals surface area contributed by atoms with Gasteiger partial charge in [0.05, 0.1) is 35.9 Å². The van der Waals surface area contributed by atoms with Crippen molar-refractivity contribution in [2.75, 3.05) is 0 Å². The van der Waals surface area contributed by atoms with Crippen molar-refractivity contribution in [2.24, 2.45) is 0 Å². The first-order valence-electron chi connectivity index (χ1n) is 10.2. The highest BCUT2D eigenvalue weighted by Crippen LogP contribution is 2.33. The summed E-state index contributed by atoms with van der Waals surface area (Å²) < 4.78 is 8.00. The maximum atomic E-state index is 12.8. The summed E-state index contributed by atoms with van der Waals surface area (Å²) in [5.41, 5.74) is 1.99. The Hall–Kier alpha value is -3.69. The summed E-state index contributed by atoms with van der Waals surface area (Å²) in [7, 11) is 0. The second-order valence-electron chi connectivity index (χ2n) is 7.33. The standard InChI is InChI=1S/C24H17N3O4S2/c28-24(15-9-11-16(12-10-15)27(29)30)31-19(23-26-18-6-2-4-8-21(18)33-23)13-14-22-25-17-5-1-3-7-20(17)32-22/h1-12,19H,13-14H2/t19-/m0/s1. The van der Waals surface area contributed by atoms with Gasteiger partial charge < -0.3 is 4.74 Å². The largest absolute Gasteiger partial charge is 0.451 e. The molecule has 0 saturated heterocycles. The van der Waals surface area contributed by atoms with E-state index >= 15 is 0 Å². The molecule has 3 aromatic carbocycles. The number of rotatable bonds is 7. The molecular formula is C24H17N3O4S2. The van der Waals surface area contributed by atoms with Crippen molar-refractivity contribution in [3.8, 4) is 0 Å². The van der Waals surface area contributed by atoms with E-state index < -0.39 is 17.0 Å². The second-order valence-corrected chi connectivity index (χ2v) is 9.51. The monoisotopic (exact) mass is 475 g/mol. The summed E-state index contributed by atoms with van der Waals surface area (Å²) >= 11 is 3.12. The van der Waals surface area contributed by atoms with Crippen molar-refractivity contribution in [1.29, 1.82) is 0 Å². The normalized spacial score (nSPS) is 12.1. The number of carbonyl (C=O) groups excluding carboxylic acids is 1. The molecule has 33 heavy (non-hydrogen) atoms. The van der Waals surface area contributed by atoms with E-state index in [9.17, 15) is 14.9 Å². The van der Waals surface area contributed by atoms with Crippen LogP contribution in [-0.2, 0) is 11.2 Å². The Kier molecular flexibility index (Phi) is 5.80. The van der Waals surface area contributed by atoms with Gasteiger partial charge in [-0.3, -0.25) is 10.1 Å². The van der Waals surface area contributed by atoms with Crippen molar-refractivity contribution in [2.45, 2.75) is 18.9 Å². The molecular weight excluding hydrogens is 458 g/mol. The first-order chi connectivity index (χ1) is 16.1. The molecule has 7 nitrogen and oxygen atoms in total. The number of ether oxygens (including phenoxy) is 1. The Morgan fingerprint density at radius 3 is 2.18 bits per heavy atom. The van der Waals surface area contributed by atoms with Crippen LogP contribution in [0.3, 0.4) is 0 Å². The molecule has 1 atom stereocenters. The molecule has 0 spiro atoms. The molecule has 2 heterocycles. The number of hydrogen-bond donors (Lipinski definition) is 0. The summed E-state index contributed by atoms with van der Waals surface area (Å²) in [6.07, 6.45) is 0.600. The van der Waals surface area contributed by atoms with Crippen LogP contribution in [0.1, 0.15) is 32.9 Å². The van der Waals surface area contributed by atoms with Crippen molar-refractivity contribution >= 4 is 54.8 Å². The van der Waals surface area contributed by atoms with Gasteiger partial charge in [0.1, 0.15) is 5.01 Å². The summed E-state index contributed by atoms with van der Waals surface area (Å²) in [5, 5.41) is 12.6. The van der Waals surface area contributed by atoms with E-state index in [2.05, 4.69) is 9.97 Å². The molecule has 5 rings (SSSR count). The van der Waals surface area contributed by atoms with Crippen LogP contribution >= 0.6 is 22.7 Å². The molecule has 0 radical (unpaired) electrons. The third-order valence-electron chi connectivity index (χ3n) is 5.11. The Labute approximate surface area is 196 Å². The lowest BCUT2D eigenvalue weighted by atomic mass is 10.2. The third kappa shape index (κ3) is 4.59. The highest BCUT2D eigenvalue weighted by Gasteiger charge is 2.23. The Bertz CT molecular complexity index is 1390. The van der Waals surface area contributed by atoms with Crippen molar-refractivity contribution in [3.63, 3.8) is 0 Å². The number of hydrogen-bond acceptors (Lipinski definition) is 8. The van der Waals surface area contributed by atoms with Gasteiger partial charge in [-0.2, -0.15) is 0 Å². The van der Waals surface area contributed by atoms with Gasteiger partial charge in [0.25, 0.3) is 5.69 Å². The van der Waals surface area contributed by atoms with Gasteiger partial charge in [0.15, 0.2) is 6.10 Å². The zero-order chi connectivity index (χ0) is 22.8. The highest BCUT2D eigenvalue weighted by molar-refractivity contribution is 7.19. The molecule has 0 saturated carbocycles. The molecule has 0 aliphatic rings. The molecule has 2 aromatic heterocycles. The number of esters is 1. The summed E-state index contributed by atoms with van der Waals surface area (Å²) in [5.74, 6) is -0.543. The maximum Gasteiger partial charge on any atom is 0.338 e. The number of non-ortho nitro benzene ring substituents is 1. The van der Waals surface area contributed by atoms with Gasteiger partial charge in [0, 0.05) is 18.6 Å². The zero-order valence-electron chi connectivity index (χ0n) is 17.2. The minimum Gasteiger partial charge on any atom is -0.451 e. The summed E-state index contributed by atoms with van der Waals surface area (Å²) in [6, 6.07) is 21.2. The maximum absolute atomic E-state index is 12.8. The van der Waals surface area contributed by atoms with Crippen molar-refractivity contribution in [1.82, 2.24) is 9.97 Å². The van der Waals surface area contributed by atoms with E-state index in [-0.39, 0.29) is 11.3 Å². The van der Waals surface area contributed by atoms with Gasteiger partial charge in [0.2, 0.25) is 0 Å². The van der Waals surface area contributed by atoms with Crippen LogP contribution in [0, 0.1) is 10.1 Å². The van der Waals surface area contributed by atoms with E-state index in [4.69, 9.17) is 4.74 Å². The Morgan fingerprint density at radius 2 is 1.55 bits per heavy atom. The number of thiazole rings is 2. The van der Waals surface area contributed by atoms with E-state index in [1.54, 1.807) is 11.3 Å². The van der Waals surface area contributed by atoms with Gasteiger partial charge in [-0.15, -0.1) is 22.7 Å². The first kappa shape index (κ1) is 21.2. The van der Waals surface area contributed by atoms with Crippen LogP contribution in [-0.4, -0.2) is 20.9 Å². The fraction of sp³-hybridized carbons (Fsp3) is 0.125. The van der Waals surface area contributed by atoms with Crippen molar-refractivity contribution < 1.29 is 14.5 Å². The molecule has 0 aliphatic heterocycles. The molecule has 0 N–H and O–H groups in total. The predicted molar refractivity (Wildman–Crippen MR) is 129 cm³/mol. The average molecular weight is 476 g/mol. The van der Waals surface area contributed by atoms with Crippen LogP contribution in [0.5, 0.6) is 0 Å². The van der Waals surface area contributed by atoms with Gasteiger partial charge in [-0.1, -0.05) is 24.3 Å². The van der Waals surface area contributed by atoms with E-state index in [0.29, 0.717) is 17.8 Å². The molecule has 0 fully saturated rings. The number of carbonyl (C=O) groups is 1. The molecule has 0 amide bonds. The lowest BCUT2D eigenvalue weighted by molar-refractivity contribution is -0.384. The zero-order valence-corrected chi connectivity index (χ0v) is 18.8. The first-order valence-corrected chi connectivity index (χ1v) is 11.9. The van der Waals surface area contributed by atoms with Crippen LogP contribution in [0.4, 0.5) is 5.69 Å². The van der Waals surface area contributed by atoms with Crippen LogP contribution in [0.25, 0.3) is 20.4 Å². The van der Waals surface area contributed by atoms with E-state index in [0.717, 1.165) is 25.4 Å². The van der Waals surface area contributed by atoms with Gasteiger partial charge >= 0.3 is 5.97 Å². The number of aryl methyl sites for hydroxylation is 1. The van der Waals surface area contributed by atoms with Crippen LogP contribution < -0.4 is 0 Å². The van der Waals surface area contributed by atoms with E-state index in [1.807, 2.05) is 48.5 Å². The predicted octanol–water partition coefficient (Wildman–Crippen LogP) is 6.35. The average Bonchev–Trinajstić information content (AvgIpc) is 3.45. The number of fused-ring (bicyclic) bond motifs is 2. The number of para-hydroxylation sites is 2. The molecule has 5 aromatic rings. The fourth-order valence-corrected chi connectivity index (χ4v) is 5.47. The number of aromatic nitrogens is 2. The molecule has 0 aliphatic carbocycles. The summed E-state index contributed by atoms with van der Waals surface area (Å²) in [4.78, 5) is 32.6. The molecule has 164 valence electrons. The Morgan fingerprint density at radius 1 is 0.909 bits per heavy atom. The minimum absolute atomic E-state index is 0.0786. The molecule has 9 heteroatoms. The number of nitrogens with zero attached hydrogens (tertiary/aromatic N) is 3. The van der Waals surface area contributed by atoms with Crippen molar-refractivity contribution in [3.05, 3.63) is 98.5 Å². The minimum atomic E-state index is -0.558.